The molecule has 0 aliphatic rings. The Labute approximate surface area is 90.6 Å². The average molecular weight is 234 g/mol. The van der Waals surface area contributed by atoms with Crippen LogP contribution in [-0.2, 0) is 6.42 Å². The minimum atomic E-state index is -4.75. The van der Waals surface area contributed by atoms with Crippen molar-refractivity contribution < 1.29 is 28.0 Å². The van der Waals surface area contributed by atoms with Crippen LogP contribution in [0.25, 0.3) is 0 Å². The van der Waals surface area contributed by atoms with Gasteiger partial charge in [-0.15, -0.1) is 13.2 Å². The Morgan fingerprint density at radius 2 is 1.94 bits per heavy atom. The van der Waals surface area contributed by atoms with Gasteiger partial charge in [0.15, 0.2) is 0 Å². The van der Waals surface area contributed by atoms with Crippen molar-refractivity contribution in [2.75, 3.05) is 0 Å². The maximum atomic E-state index is 12.0. The number of halogens is 3. The van der Waals surface area contributed by atoms with Crippen LogP contribution in [0.3, 0.4) is 0 Å². The highest BCUT2D eigenvalue weighted by molar-refractivity contribution is 6.58. The maximum Gasteiger partial charge on any atom is 0.573 e. The summed E-state index contributed by atoms with van der Waals surface area (Å²) in [6.07, 6.45) is -4.45. The van der Waals surface area contributed by atoms with E-state index in [4.69, 9.17) is 10.0 Å². The Morgan fingerprint density at radius 3 is 2.38 bits per heavy atom. The van der Waals surface area contributed by atoms with Gasteiger partial charge in [-0.3, -0.25) is 0 Å². The second-order valence-corrected chi connectivity index (χ2v) is 3.14. The highest BCUT2D eigenvalue weighted by atomic mass is 19.4. The average Bonchev–Trinajstić information content (AvgIpc) is 2.15. The van der Waals surface area contributed by atoms with Crippen LogP contribution in [0, 0.1) is 0 Å². The van der Waals surface area contributed by atoms with Crippen molar-refractivity contribution in [3.63, 3.8) is 0 Å². The molecule has 1 aromatic carbocycles. The van der Waals surface area contributed by atoms with Gasteiger partial charge in [0.2, 0.25) is 0 Å². The highest BCUT2D eigenvalue weighted by Crippen LogP contribution is 2.25. The standard InChI is InChI=1S/C9H10BF3O3/c1-2-6-5-7(10(14)15)3-4-8(6)16-9(11,12)13/h3-5,14-15H,2H2,1H3. The number of alkyl halides is 3. The third-order valence-electron chi connectivity index (χ3n) is 1.99. The summed E-state index contributed by atoms with van der Waals surface area (Å²) in [5.41, 5.74) is 0.397. The van der Waals surface area contributed by atoms with Gasteiger partial charge < -0.3 is 14.8 Å². The first-order valence-electron chi connectivity index (χ1n) is 4.58. The Kier molecular flexibility index (Phi) is 3.82. The van der Waals surface area contributed by atoms with Crippen LogP contribution in [0.15, 0.2) is 18.2 Å². The van der Waals surface area contributed by atoms with Crippen LogP contribution in [0.1, 0.15) is 12.5 Å². The van der Waals surface area contributed by atoms with Gasteiger partial charge in [-0.05, 0) is 23.5 Å². The fourth-order valence-corrected chi connectivity index (χ4v) is 1.26. The molecule has 1 rings (SSSR count). The van der Waals surface area contributed by atoms with E-state index in [1.54, 1.807) is 6.92 Å². The Balaban J connectivity index is 3.02. The molecule has 1 aromatic rings. The van der Waals surface area contributed by atoms with E-state index in [9.17, 15) is 13.2 Å². The van der Waals surface area contributed by atoms with Crippen LogP contribution in [0.5, 0.6) is 5.75 Å². The van der Waals surface area contributed by atoms with E-state index in [0.717, 1.165) is 6.07 Å². The molecule has 0 saturated carbocycles. The topological polar surface area (TPSA) is 49.7 Å². The summed E-state index contributed by atoms with van der Waals surface area (Å²) >= 11 is 0. The number of benzene rings is 1. The van der Waals surface area contributed by atoms with Crippen LogP contribution >= 0.6 is 0 Å². The predicted molar refractivity (Wildman–Crippen MR) is 52.3 cm³/mol. The van der Waals surface area contributed by atoms with Gasteiger partial charge >= 0.3 is 13.5 Å². The zero-order valence-electron chi connectivity index (χ0n) is 8.45. The summed E-state index contributed by atoms with van der Waals surface area (Å²) in [6, 6.07) is 3.51. The summed E-state index contributed by atoms with van der Waals surface area (Å²) < 4.78 is 39.8. The number of rotatable bonds is 3. The first-order valence-corrected chi connectivity index (χ1v) is 4.58. The lowest BCUT2D eigenvalue weighted by atomic mass is 9.79. The molecule has 0 bridgehead atoms. The molecule has 0 spiro atoms. The lowest BCUT2D eigenvalue weighted by molar-refractivity contribution is -0.274. The second kappa shape index (κ2) is 4.75. The van der Waals surface area contributed by atoms with Gasteiger partial charge in [-0.1, -0.05) is 19.1 Å². The van der Waals surface area contributed by atoms with Gasteiger partial charge in [0.05, 0.1) is 0 Å². The van der Waals surface area contributed by atoms with Gasteiger partial charge in [-0.2, -0.15) is 0 Å². The molecule has 3 nitrogen and oxygen atoms in total. The van der Waals surface area contributed by atoms with Gasteiger partial charge in [0.25, 0.3) is 0 Å². The first-order chi connectivity index (χ1) is 7.33. The smallest absolute Gasteiger partial charge is 0.423 e. The van der Waals surface area contributed by atoms with Crippen molar-refractivity contribution in [1.82, 2.24) is 0 Å². The summed E-state index contributed by atoms with van der Waals surface area (Å²) in [7, 11) is -1.70. The number of ether oxygens (including phenoxy) is 1. The number of hydrogen-bond acceptors (Lipinski definition) is 3. The van der Waals surface area contributed by atoms with Crippen molar-refractivity contribution in [1.29, 1.82) is 0 Å². The zero-order valence-corrected chi connectivity index (χ0v) is 8.45. The van der Waals surface area contributed by atoms with Gasteiger partial charge in [0.1, 0.15) is 5.75 Å². The van der Waals surface area contributed by atoms with Gasteiger partial charge in [-0.25, -0.2) is 0 Å². The Bertz CT molecular complexity index is 366. The fraction of sp³-hybridized carbons (Fsp3) is 0.333. The van der Waals surface area contributed by atoms with E-state index in [-0.39, 0.29) is 16.8 Å². The minimum absolute atomic E-state index is 0.131. The fourth-order valence-electron chi connectivity index (χ4n) is 1.26. The summed E-state index contributed by atoms with van der Waals surface area (Å²) in [6.45, 7) is 1.64. The molecule has 7 heteroatoms. The molecule has 88 valence electrons. The maximum absolute atomic E-state index is 12.0. The molecule has 0 heterocycles. The Morgan fingerprint density at radius 1 is 1.31 bits per heavy atom. The normalized spacial score (nSPS) is 11.4. The lowest BCUT2D eigenvalue weighted by Gasteiger charge is -2.13. The van der Waals surface area contributed by atoms with E-state index in [0.29, 0.717) is 6.42 Å². The van der Waals surface area contributed by atoms with E-state index in [1.165, 1.54) is 12.1 Å². The van der Waals surface area contributed by atoms with Gasteiger partial charge in [0, 0.05) is 0 Å². The molecule has 2 N–H and O–H groups in total. The summed E-state index contributed by atoms with van der Waals surface area (Å²) in [4.78, 5) is 0. The molecule has 0 saturated heterocycles. The molecular formula is C9H10BF3O3. The number of aryl methyl sites for hydroxylation is 1. The SMILES string of the molecule is CCc1cc(B(O)O)ccc1OC(F)(F)F. The molecule has 0 fully saturated rings. The predicted octanol–water partition coefficient (Wildman–Crippen LogP) is 0.827. The first kappa shape index (κ1) is 12.9. The lowest BCUT2D eigenvalue weighted by Crippen LogP contribution is -2.30. The largest absolute Gasteiger partial charge is 0.573 e. The van der Waals surface area contributed by atoms with Crippen LogP contribution in [-0.4, -0.2) is 23.5 Å². The van der Waals surface area contributed by atoms with Crippen molar-refractivity contribution in [2.24, 2.45) is 0 Å². The quantitative estimate of drug-likeness (QED) is 0.761. The monoisotopic (exact) mass is 234 g/mol. The van der Waals surface area contributed by atoms with Crippen molar-refractivity contribution in [3.8, 4) is 5.75 Å². The van der Waals surface area contributed by atoms with E-state index in [2.05, 4.69) is 4.74 Å². The summed E-state index contributed by atoms with van der Waals surface area (Å²) in [5.74, 6) is -0.320. The van der Waals surface area contributed by atoms with Crippen molar-refractivity contribution >= 4 is 12.6 Å². The minimum Gasteiger partial charge on any atom is -0.423 e. The molecule has 0 amide bonds. The number of hydrogen-bond donors (Lipinski definition) is 2. The molecule has 0 atom stereocenters. The summed E-state index contributed by atoms with van der Waals surface area (Å²) in [5, 5.41) is 17.7. The van der Waals surface area contributed by atoms with Crippen molar-refractivity contribution in [2.45, 2.75) is 19.7 Å². The third kappa shape index (κ3) is 3.43. The van der Waals surface area contributed by atoms with Crippen LogP contribution < -0.4 is 10.2 Å². The van der Waals surface area contributed by atoms with E-state index in [1.807, 2.05) is 0 Å². The molecule has 0 aliphatic carbocycles. The molecular weight excluding hydrogens is 224 g/mol. The second-order valence-electron chi connectivity index (χ2n) is 3.14. The van der Waals surface area contributed by atoms with Crippen molar-refractivity contribution in [3.05, 3.63) is 23.8 Å². The zero-order chi connectivity index (χ0) is 12.3. The molecule has 0 unspecified atom stereocenters. The molecule has 0 aromatic heterocycles. The third-order valence-corrected chi connectivity index (χ3v) is 1.99. The highest BCUT2D eigenvalue weighted by Gasteiger charge is 2.32. The molecule has 16 heavy (non-hydrogen) atoms. The molecule has 0 aliphatic heterocycles. The van der Waals surface area contributed by atoms with Crippen LogP contribution in [0.2, 0.25) is 0 Å². The molecule has 0 radical (unpaired) electrons. The van der Waals surface area contributed by atoms with Crippen LogP contribution in [0.4, 0.5) is 13.2 Å². The van der Waals surface area contributed by atoms with E-state index < -0.39 is 13.5 Å². The van der Waals surface area contributed by atoms with E-state index >= 15 is 0 Å². The Hall–Kier alpha value is -1.21.